The second-order valence-electron chi connectivity index (χ2n) is 13.8. The number of hydrogen-bond acceptors (Lipinski definition) is 8. The van der Waals surface area contributed by atoms with Crippen LogP contribution in [0.3, 0.4) is 0 Å². The maximum Gasteiger partial charge on any atom is 0.126 e. The van der Waals surface area contributed by atoms with Crippen LogP contribution in [-0.2, 0) is 0 Å². The molecule has 4 aromatic carbocycles. The van der Waals surface area contributed by atoms with E-state index in [0.29, 0.717) is 0 Å². The molecular formula is C52H38N6O2. The fraction of sp³-hybridized carbons (Fsp3) is 0.0385. The summed E-state index contributed by atoms with van der Waals surface area (Å²) in [5, 5.41) is 4.41. The van der Waals surface area contributed by atoms with Crippen molar-refractivity contribution in [2.24, 2.45) is 0 Å². The minimum absolute atomic E-state index is 0.814. The van der Waals surface area contributed by atoms with Crippen molar-refractivity contribution in [1.29, 1.82) is 0 Å². The highest BCUT2D eigenvalue weighted by atomic mass is 16.5. The lowest BCUT2D eigenvalue weighted by Crippen LogP contribution is -1.94. The van der Waals surface area contributed by atoms with Crippen LogP contribution in [0.1, 0.15) is 0 Å². The van der Waals surface area contributed by atoms with Crippen molar-refractivity contribution in [1.82, 2.24) is 29.9 Å². The summed E-state index contributed by atoms with van der Waals surface area (Å²) >= 11 is 0. The summed E-state index contributed by atoms with van der Waals surface area (Å²) in [7, 11) is 3.40. The number of methoxy groups -OCH3 is 2. The normalized spacial score (nSPS) is 10.8. The van der Waals surface area contributed by atoms with E-state index in [-0.39, 0.29) is 0 Å². The molecule has 0 spiro atoms. The molecule has 6 heterocycles. The van der Waals surface area contributed by atoms with Crippen molar-refractivity contribution < 1.29 is 9.47 Å². The van der Waals surface area contributed by atoms with Crippen LogP contribution >= 0.6 is 0 Å². The van der Waals surface area contributed by atoms with Gasteiger partial charge in [0.2, 0.25) is 0 Å². The fourth-order valence-electron chi connectivity index (χ4n) is 7.36. The molecule has 0 aliphatic carbocycles. The number of pyridine rings is 6. The van der Waals surface area contributed by atoms with Crippen LogP contribution in [0.15, 0.2) is 195 Å². The lowest BCUT2D eigenvalue weighted by atomic mass is 9.96. The highest BCUT2D eigenvalue weighted by molar-refractivity contribution is 6.02. The smallest absolute Gasteiger partial charge is 0.126 e. The van der Waals surface area contributed by atoms with Gasteiger partial charge in [0.15, 0.2) is 0 Å². The molecule has 0 aliphatic rings. The number of hydrogen-bond donors (Lipinski definition) is 0. The van der Waals surface area contributed by atoms with Crippen LogP contribution in [-0.4, -0.2) is 44.1 Å². The van der Waals surface area contributed by atoms with E-state index in [1.165, 1.54) is 0 Å². The van der Waals surface area contributed by atoms with Gasteiger partial charge in [0, 0.05) is 35.6 Å². The van der Waals surface area contributed by atoms with Crippen LogP contribution in [0.4, 0.5) is 0 Å². The van der Waals surface area contributed by atoms with Gasteiger partial charge in [-0.15, -0.1) is 0 Å². The summed E-state index contributed by atoms with van der Waals surface area (Å²) in [6.45, 7) is 0. The van der Waals surface area contributed by atoms with Crippen molar-refractivity contribution in [3.05, 3.63) is 195 Å². The van der Waals surface area contributed by atoms with E-state index >= 15 is 0 Å². The van der Waals surface area contributed by atoms with Gasteiger partial charge >= 0.3 is 0 Å². The van der Waals surface area contributed by atoms with Crippen molar-refractivity contribution in [2.45, 2.75) is 0 Å². The molecule has 10 aromatic rings. The van der Waals surface area contributed by atoms with Crippen molar-refractivity contribution in [2.75, 3.05) is 14.2 Å². The second kappa shape index (κ2) is 17.2. The zero-order valence-electron chi connectivity index (χ0n) is 33.0. The van der Waals surface area contributed by atoms with Gasteiger partial charge in [-0.25, -0.2) is 9.97 Å². The SMILES string of the molecule is COc1ccc(-c2cc(-c3ccccn3)nc(-c3ccccn3)c2)c2ccccc12.COc1ccc(-c2cc(-c3ccccn3)nc(-c3ccccn3)c2)c2ccccc12. The third-order valence-electron chi connectivity index (χ3n) is 10.2. The summed E-state index contributed by atoms with van der Waals surface area (Å²) in [6.07, 6.45) is 7.14. The number of fused-ring (bicyclic) bond motifs is 2. The van der Waals surface area contributed by atoms with E-state index in [1.807, 2.05) is 109 Å². The molecular weight excluding hydrogens is 741 g/mol. The molecule has 288 valence electrons. The highest BCUT2D eigenvalue weighted by Gasteiger charge is 2.15. The van der Waals surface area contributed by atoms with Crippen LogP contribution < -0.4 is 9.47 Å². The van der Waals surface area contributed by atoms with Crippen LogP contribution in [0.25, 0.3) is 89.4 Å². The number of rotatable bonds is 8. The Bertz CT molecular complexity index is 2730. The lowest BCUT2D eigenvalue weighted by Gasteiger charge is -2.13. The Kier molecular flexibility index (Phi) is 10.7. The maximum atomic E-state index is 5.57. The van der Waals surface area contributed by atoms with E-state index in [1.54, 1.807) is 39.0 Å². The minimum Gasteiger partial charge on any atom is -0.496 e. The Balaban J connectivity index is 0.000000154. The zero-order valence-corrected chi connectivity index (χ0v) is 33.0. The predicted molar refractivity (Wildman–Crippen MR) is 240 cm³/mol. The van der Waals surface area contributed by atoms with Crippen LogP contribution in [0, 0.1) is 0 Å². The quantitative estimate of drug-likeness (QED) is 0.150. The number of benzene rings is 4. The molecule has 8 heteroatoms. The summed E-state index contributed by atoms with van der Waals surface area (Å²) < 4.78 is 11.1. The third-order valence-corrected chi connectivity index (χ3v) is 10.2. The molecule has 0 unspecified atom stereocenters. The molecule has 0 saturated heterocycles. The van der Waals surface area contributed by atoms with E-state index in [9.17, 15) is 0 Å². The van der Waals surface area contributed by atoms with Crippen molar-refractivity contribution in [3.63, 3.8) is 0 Å². The summed E-state index contributed by atoms with van der Waals surface area (Å²) in [6, 6.07) is 56.5. The second-order valence-corrected chi connectivity index (χ2v) is 13.8. The molecule has 8 nitrogen and oxygen atoms in total. The Hall–Kier alpha value is -8.10. The number of aromatic nitrogens is 6. The molecule has 0 N–H and O–H groups in total. The number of ether oxygens (including phenoxy) is 2. The molecule has 0 aliphatic heterocycles. The van der Waals surface area contributed by atoms with Gasteiger partial charge < -0.3 is 9.47 Å². The predicted octanol–water partition coefficient (Wildman–Crippen LogP) is 12.1. The van der Waals surface area contributed by atoms with Crippen molar-refractivity contribution >= 4 is 21.5 Å². The summed E-state index contributed by atoms with van der Waals surface area (Å²) in [4.78, 5) is 27.7. The first-order valence-electron chi connectivity index (χ1n) is 19.5. The Morgan fingerprint density at radius 2 is 0.600 bits per heavy atom. The van der Waals surface area contributed by atoms with E-state index in [4.69, 9.17) is 19.4 Å². The van der Waals surface area contributed by atoms with E-state index in [2.05, 4.69) is 80.6 Å². The Labute approximate surface area is 347 Å². The largest absolute Gasteiger partial charge is 0.496 e. The molecule has 0 amide bonds. The first kappa shape index (κ1) is 37.5. The van der Waals surface area contributed by atoms with Gasteiger partial charge in [-0.05, 0) is 118 Å². The Morgan fingerprint density at radius 3 is 0.883 bits per heavy atom. The molecule has 60 heavy (non-hydrogen) atoms. The van der Waals surface area contributed by atoms with Gasteiger partial charge in [0.25, 0.3) is 0 Å². The number of nitrogens with zero attached hydrogens (tertiary/aromatic N) is 6. The molecule has 6 aromatic heterocycles. The summed E-state index contributed by atoms with van der Waals surface area (Å²) in [5.41, 5.74) is 10.9. The van der Waals surface area contributed by atoms with Gasteiger partial charge in [-0.3, -0.25) is 19.9 Å². The third kappa shape index (κ3) is 7.77. The van der Waals surface area contributed by atoms with E-state index in [0.717, 1.165) is 101 Å². The van der Waals surface area contributed by atoms with Gasteiger partial charge in [-0.1, -0.05) is 84.9 Å². The summed E-state index contributed by atoms with van der Waals surface area (Å²) in [5.74, 6) is 1.72. The molecule has 0 fully saturated rings. The molecule has 0 saturated carbocycles. The average molecular weight is 779 g/mol. The fourth-order valence-corrected chi connectivity index (χ4v) is 7.36. The first-order valence-corrected chi connectivity index (χ1v) is 19.5. The monoisotopic (exact) mass is 778 g/mol. The van der Waals surface area contributed by atoms with Crippen molar-refractivity contribution in [3.8, 4) is 79.3 Å². The van der Waals surface area contributed by atoms with Gasteiger partial charge in [0.1, 0.15) is 11.5 Å². The van der Waals surface area contributed by atoms with E-state index < -0.39 is 0 Å². The van der Waals surface area contributed by atoms with Crippen LogP contribution in [0.2, 0.25) is 0 Å². The zero-order chi connectivity index (χ0) is 40.7. The topological polar surface area (TPSA) is 95.8 Å². The molecule has 0 radical (unpaired) electrons. The molecule has 0 atom stereocenters. The van der Waals surface area contributed by atoms with Crippen LogP contribution in [0.5, 0.6) is 11.5 Å². The van der Waals surface area contributed by atoms with Gasteiger partial charge in [-0.2, -0.15) is 0 Å². The lowest BCUT2D eigenvalue weighted by molar-refractivity contribution is 0.420. The Morgan fingerprint density at radius 1 is 0.300 bits per heavy atom. The van der Waals surface area contributed by atoms with Gasteiger partial charge in [0.05, 0.1) is 59.8 Å². The average Bonchev–Trinajstić information content (AvgIpc) is 3.34. The minimum atomic E-state index is 0.814. The molecule has 0 bridgehead atoms. The highest BCUT2D eigenvalue weighted by Crippen LogP contribution is 2.38. The standard InChI is InChI=1S/2C26H19N3O/c2*1-30-26-13-12-19(20-8-2-3-9-21(20)26)18-16-24(22-10-4-6-14-27-22)29-25(17-18)23-11-5-7-15-28-23/h2*2-17H,1H3. The first-order chi connectivity index (χ1) is 29.7. The maximum absolute atomic E-state index is 5.57. The molecule has 10 rings (SSSR count).